The molecule has 31 heavy (non-hydrogen) atoms. The summed E-state index contributed by atoms with van der Waals surface area (Å²) in [5, 5.41) is 1.19. The maximum Gasteiger partial charge on any atom is 0.157 e. The molecule has 0 aromatic heterocycles. The molecule has 0 saturated carbocycles. The average Bonchev–Trinajstić information content (AvgIpc) is 2.79. The Morgan fingerprint density at radius 1 is 1.06 bits per heavy atom. The SMILES string of the molecule is CN1CCN(Cc2ccccc2)CC1(CCOC1CCCCO1)c1ccc(Cl)c(Cl)c1. The number of piperazine rings is 1. The van der Waals surface area contributed by atoms with Crippen molar-refractivity contribution < 1.29 is 9.47 Å². The normalized spacial score (nSPS) is 25.6. The largest absolute Gasteiger partial charge is 0.353 e. The number of benzene rings is 2. The number of rotatable bonds is 7. The van der Waals surface area contributed by atoms with Crippen LogP contribution in [0.2, 0.25) is 10.0 Å². The summed E-state index contributed by atoms with van der Waals surface area (Å²) < 4.78 is 11.9. The molecule has 168 valence electrons. The van der Waals surface area contributed by atoms with E-state index in [1.54, 1.807) is 0 Å². The molecule has 0 spiro atoms. The summed E-state index contributed by atoms with van der Waals surface area (Å²) in [7, 11) is 2.21. The van der Waals surface area contributed by atoms with Crippen LogP contribution in [0.15, 0.2) is 48.5 Å². The van der Waals surface area contributed by atoms with Crippen LogP contribution in [0, 0.1) is 0 Å². The van der Waals surface area contributed by atoms with Gasteiger partial charge in [0.2, 0.25) is 0 Å². The highest BCUT2D eigenvalue weighted by Crippen LogP contribution is 2.38. The van der Waals surface area contributed by atoms with Gasteiger partial charge in [-0.25, -0.2) is 0 Å². The molecule has 0 N–H and O–H groups in total. The summed E-state index contributed by atoms with van der Waals surface area (Å²) in [5.41, 5.74) is 2.33. The predicted molar refractivity (Wildman–Crippen MR) is 127 cm³/mol. The second-order valence-corrected chi connectivity index (χ2v) is 9.51. The standard InChI is InChI=1S/C25H32Cl2N2O2/c1-28-13-14-29(18-20-7-3-2-4-8-20)19-25(28,21-10-11-22(26)23(27)17-21)12-16-31-24-9-5-6-15-30-24/h2-4,7-8,10-11,17,24H,5-6,9,12-16,18-19H2,1H3. The van der Waals surface area contributed by atoms with Gasteiger partial charge in [0, 0.05) is 32.8 Å². The number of nitrogens with zero attached hydrogens (tertiary/aromatic N) is 2. The number of hydrogen-bond acceptors (Lipinski definition) is 4. The molecule has 0 amide bonds. The lowest BCUT2D eigenvalue weighted by Crippen LogP contribution is -2.59. The Morgan fingerprint density at radius 2 is 1.90 bits per heavy atom. The molecule has 2 atom stereocenters. The van der Waals surface area contributed by atoms with Crippen LogP contribution < -0.4 is 0 Å². The van der Waals surface area contributed by atoms with E-state index in [1.165, 1.54) is 17.5 Å². The summed E-state index contributed by atoms with van der Waals surface area (Å²) in [4.78, 5) is 4.99. The van der Waals surface area contributed by atoms with E-state index in [0.717, 1.165) is 52.0 Å². The topological polar surface area (TPSA) is 24.9 Å². The smallest absolute Gasteiger partial charge is 0.157 e. The van der Waals surface area contributed by atoms with Crippen molar-refractivity contribution in [2.24, 2.45) is 0 Å². The summed E-state index contributed by atoms with van der Waals surface area (Å²) in [6.45, 7) is 5.30. The molecule has 2 aliphatic rings. The second kappa shape index (κ2) is 10.7. The van der Waals surface area contributed by atoms with Gasteiger partial charge in [-0.2, -0.15) is 0 Å². The number of hydrogen-bond donors (Lipinski definition) is 0. The quantitative estimate of drug-likeness (QED) is 0.536. The number of likely N-dealkylation sites (N-methyl/N-ethyl adjacent to an activating group) is 1. The zero-order valence-electron chi connectivity index (χ0n) is 18.2. The second-order valence-electron chi connectivity index (χ2n) is 8.70. The molecule has 6 heteroatoms. The lowest BCUT2D eigenvalue weighted by molar-refractivity contribution is -0.168. The maximum absolute atomic E-state index is 6.45. The van der Waals surface area contributed by atoms with E-state index in [9.17, 15) is 0 Å². The number of halogens is 2. The van der Waals surface area contributed by atoms with Crippen molar-refractivity contribution in [3.05, 3.63) is 69.7 Å². The van der Waals surface area contributed by atoms with E-state index in [4.69, 9.17) is 32.7 Å². The molecule has 4 rings (SSSR count). The highest BCUT2D eigenvalue weighted by Gasteiger charge is 2.41. The predicted octanol–water partition coefficient (Wildman–Crippen LogP) is 5.57. The van der Waals surface area contributed by atoms with Crippen LogP contribution in [-0.2, 0) is 21.6 Å². The average molecular weight is 463 g/mol. The van der Waals surface area contributed by atoms with Crippen LogP contribution in [-0.4, -0.2) is 56.0 Å². The first kappa shape index (κ1) is 23.0. The third kappa shape index (κ3) is 5.62. The van der Waals surface area contributed by atoms with Crippen molar-refractivity contribution in [1.29, 1.82) is 0 Å². The Hall–Kier alpha value is -1.14. The lowest BCUT2D eigenvalue weighted by atomic mass is 9.83. The van der Waals surface area contributed by atoms with Crippen LogP contribution >= 0.6 is 23.2 Å². The third-order valence-corrected chi connectivity index (χ3v) is 7.37. The first-order chi connectivity index (χ1) is 15.1. The molecule has 0 radical (unpaired) electrons. The first-order valence-corrected chi connectivity index (χ1v) is 12.0. The van der Waals surface area contributed by atoms with Gasteiger partial charge in [-0.3, -0.25) is 9.80 Å². The zero-order valence-corrected chi connectivity index (χ0v) is 19.7. The molecule has 2 aromatic rings. The molecule has 2 unspecified atom stereocenters. The Balaban J connectivity index is 1.55. The van der Waals surface area contributed by atoms with Gasteiger partial charge in [-0.1, -0.05) is 59.6 Å². The van der Waals surface area contributed by atoms with Gasteiger partial charge < -0.3 is 9.47 Å². The molecule has 2 saturated heterocycles. The maximum atomic E-state index is 6.45. The van der Waals surface area contributed by atoms with E-state index in [0.29, 0.717) is 16.7 Å². The van der Waals surface area contributed by atoms with Crippen molar-refractivity contribution in [1.82, 2.24) is 9.80 Å². The van der Waals surface area contributed by atoms with Crippen molar-refractivity contribution in [2.45, 2.75) is 44.1 Å². The minimum Gasteiger partial charge on any atom is -0.353 e. The molecular weight excluding hydrogens is 431 g/mol. The molecule has 4 nitrogen and oxygen atoms in total. The monoisotopic (exact) mass is 462 g/mol. The van der Waals surface area contributed by atoms with Gasteiger partial charge in [0.1, 0.15) is 0 Å². The Kier molecular flexibility index (Phi) is 7.91. The molecule has 2 fully saturated rings. The summed E-state index contributed by atoms with van der Waals surface area (Å²) in [6.07, 6.45) is 4.08. The van der Waals surface area contributed by atoms with E-state index >= 15 is 0 Å². The van der Waals surface area contributed by atoms with Crippen molar-refractivity contribution in [3.8, 4) is 0 Å². The highest BCUT2D eigenvalue weighted by atomic mass is 35.5. The Morgan fingerprint density at radius 3 is 2.65 bits per heavy atom. The van der Waals surface area contributed by atoms with Crippen LogP contribution in [0.3, 0.4) is 0 Å². The van der Waals surface area contributed by atoms with E-state index in [1.807, 2.05) is 12.1 Å². The summed E-state index contributed by atoms with van der Waals surface area (Å²) in [6, 6.07) is 16.7. The van der Waals surface area contributed by atoms with Crippen molar-refractivity contribution >= 4 is 23.2 Å². The van der Waals surface area contributed by atoms with Crippen LogP contribution in [0.25, 0.3) is 0 Å². The fourth-order valence-corrected chi connectivity index (χ4v) is 5.06. The molecule has 2 heterocycles. The highest BCUT2D eigenvalue weighted by molar-refractivity contribution is 6.42. The van der Waals surface area contributed by atoms with Gasteiger partial charge in [0.15, 0.2) is 6.29 Å². The van der Waals surface area contributed by atoms with Gasteiger partial charge in [-0.05, 0) is 56.0 Å². The fourth-order valence-electron chi connectivity index (χ4n) is 4.77. The van der Waals surface area contributed by atoms with Crippen molar-refractivity contribution in [2.75, 3.05) is 39.9 Å². The Labute approximate surface area is 196 Å². The van der Waals surface area contributed by atoms with Gasteiger partial charge in [0.25, 0.3) is 0 Å². The summed E-state index contributed by atoms with van der Waals surface area (Å²) in [5.74, 6) is 0. The minimum absolute atomic E-state index is 0.0751. The molecule has 2 aliphatic heterocycles. The van der Waals surface area contributed by atoms with Gasteiger partial charge >= 0.3 is 0 Å². The van der Waals surface area contributed by atoms with E-state index in [-0.39, 0.29) is 11.8 Å². The molecule has 0 bridgehead atoms. The minimum atomic E-state index is -0.198. The molecule has 0 aliphatic carbocycles. The first-order valence-electron chi connectivity index (χ1n) is 11.2. The van der Waals surface area contributed by atoms with Crippen molar-refractivity contribution in [3.63, 3.8) is 0 Å². The molecular formula is C25H32Cl2N2O2. The lowest BCUT2D eigenvalue weighted by Gasteiger charge is -2.50. The van der Waals surface area contributed by atoms with E-state index in [2.05, 4.69) is 53.2 Å². The van der Waals surface area contributed by atoms with Crippen LogP contribution in [0.4, 0.5) is 0 Å². The van der Waals surface area contributed by atoms with E-state index < -0.39 is 0 Å². The third-order valence-electron chi connectivity index (χ3n) is 6.63. The van der Waals surface area contributed by atoms with Gasteiger partial charge in [-0.15, -0.1) is 0 Å². The Bertz CT molecular complexity index is 845. The fraction of sp³-hybridized carbons (Fsp3) is 0.520. The van der Waals surface area contributed by atoms with Crippen LogP contribution in [0.5, 0.6) is 0 Å². The van der Waals surface area contributed by atoms with Crippen LogP contribution in [0.1, 0.15) is 36.8 Å². The summed E-state index contributed by atoms with van der Waals surface area (Å²) >= 11 is 12.7. The number of ether oxygens (including phenoxy) is 2. The molecule has 2 aromatic carbocycles. The van der Waals surface area contributed by atoms with Gasteiger partial charge in [0.05, 0.1) is 22.2 Å². The zero-order chi connectivity index (χ0) is 21.7.